The molecule has 1 saturated heterocycles. The maximum Gasteiger partial charge on any atom is 0.338 e. The lowest BCUT2D eigenvalue weighted by atomic mass is 10.0. The van der Waals surface area contributed by atoms with Crippen molar-refractivity contribution in [3.63, 3.8) is 0 Å². The Morgan fingerprint density at radius 1 is 1.08 bits per heavy atom. The van der Waals surface area contributed by atoms with Crippen LogP contribution in [0.4, 0.5) is 0 Å². The number of unbranched alkanes of at least 4 members (excludes halogenated alkanes) is 8. The minimum Gasteiger partial charge on any atom is -0.467 e. The number of ether oxygens (including phenoxy) is 2. The summed E-state index contributed by atoms with van der Waals surface area (Å²) in [5.74, 6) is 6.21. The molecule has 2 atom stereocenters. The van der Waals surface area contributed by atoms with Gasteiger partial charge in [-0.05, 0) is 18.1 Å². The first kappa shape index (κ1) is 19.5. The smallest absolute Gasteiger partial charge is 0.338 e. The summed E-state index contributed by atoms with van der Waals surface area (Å²) < 4.78 is 10.2. The molecule has 0 N–H and O–H groups in total. The van der Waals surface area contributed by atoms with E-state index in [1.54, 1.807) is 0 Å². The van der Waals surface area contributed by atoms with Crippen LogP contribution in [0.25, 0.3) is 0 Å². The maximum absolute atomic E-state index is 11.5. The SMILES string of the molecule is CCCCCCCCCCC#Cc1ccccc1[C@H]1O[C@@H]1C(=O)OC. The number of benzene rings is 1. The van der Waals surface area contributed by atoms with Crippen LogP contribution in [0.15, 0.2) is 24.3 Å². The topological polar surface area (TPSA) is 38.8 Å². The van der Waals surface area contributed by atoms with Gasteiger partial charge in [0.05, 0.1) is 7.11 Å². The molecule has 3 heteroatoms. The van der Waals surface area contributed by atoms with Gasteiger partial charge in [-0.1, -0.05) is 81.9 Å². The highest BCUT2D eigenvalue weighted by molar-refractivity contribution is 5.78. The van der Waals surface area contributed by atoms with E-state index >= 15 is 0 Å². The Morgan fingerprint density at radius 2 is 1.76 bits per heavy atom. The van der Waals surface area contributed by atoms with Gasteiger partial charge in [-0.2, -0.15) is 0 Å². The highest BCUT2D eigenvalue weighted by Gasteiger charge is 2.47. The summed E-state index contributed by atoms with van der Waals surface area (Å²) in [6.07, 6.45) is 10.8. The van der Waals surface area contributed by atoms with Gasteiger partial charge in [-0.3, -0.25) is 0 Å². The molecule has 136 valence electrons. The summed E-state index contributed by atoms with van der Waals surface area (Å²) in [6, 6.07) is 7.90. The van der Waals surface area contributed by atoms with E-state index in [1.807, 2.05) is 24.3 Å². The molecular formula is C22H30O3. The van der Waals surface area contributed by atoms with Crippen LogP contribution < -0.4 is 0 Å². The van der Waals surface area contributed by atoms with Crippen molar-refractivity contribution in [1.29, 1.82) is 0 Å². The molecule has 1 aliphatic rings. The number of hydrogen-bond acceptors (Lipinski definition) is 3. The van der Waals surface area contributed by atoms with Crippen LogP contribution >= 0.6 is 0 Å². The predicted molar refractivity (Wildman–Crippen MR) is 100 cm³/mol. The summed E-state index contributed by atoms with van der Waals surface area (Å²) in [4.78, 5) is 11.5. The summed E-state index contributed by atoms with van der Waals surface area (Å²) in [7, 11) is 1.39. The quantitative estimate of drug-likeness (QED) is 0.254. The molecule has 0 aromatic heterocycles. The Morgan fingerprint density at radius 3 is 2.48 bits per heavy atom. The van der Waals surface area contributed by atoms with Crippen LogP contribution in [-0.2, 0) is 14.3 Å². The summed E-state index contributed by atoms with van der Waals surface area (Å²) in [6.45, 7) is 2.25. The van der Waals surface area contributed by atoms with Crippen LogP contribution in [0.1, 0.15) is 81.9 Å². The number of epoxide rings is 1. The van der Waals surface area contributed by atoms with E-state index in [1.165, 1.54) is 52.1 Å². The first-order valence-corrected chi connectivity index (χ1v) is 9.59. The second-order valence-corrected chi connectivity index (χ2v) is 6.61. The van der Waals surface area contributed by atoms with Gasteiger partial charge in [0.15, 0.2) is 6.10 Å². The van der Waals surface area contributed by atoms with Crippen molar-refractivity contribution in [2.24, 2.45) is 0 Å². The Bertz CT molecular complexity index is 597. The van der Waals surface area contributed by atoms with Crippen LogP contribution in [0.5, 0.6) is 0 Å². The Hall–Kier alpha value is -1.79. The Balaban J connectivity index is 1.71. The van der Waals surface area contributed by atoms with E-state index in [0.717, 1.165) is 24.0 Å². The molecule has 1 fully saturated rings. The lowest BCUT2D eigenvalue weighted by molar-refractivity contribution is -0.142. The number of carbonyl (C=O) groups is 1. The second-order valence-electron chi connectivity index (χ2n) is 6.61. The number of hydrogen-bond donors (Lipinski definition) is 0. The third-order valence-electron chi connectivity index (χ3n) is 4.57. The molecule has 1 aromatic carbocycles. The molecule has 1 aromatic rings. The van der Waals surface area contributed by atoms with Crippen LogP contribution in [0.2, 0.25) is 0 Å². The zero-order chi connectivity index (χ0) is 17.9. The molecule has 3 nitrogen and oxygen atoms in total. The standard InChI is InChI=1S/C22H30O3/c1-3-4-5-6-7-8-9-10-11-12-15-18-16-13-14-17-19(18)20-21(25-20)22(23)24-2/h13-14,16-17,20-21H,3-11H2,1-2H3/t20-,21+/m1/s1. The van der Waals surface area contributed by atoms with Gasteiger partial charge in [0.1, 0.15) is 6.10 Å². The molecule has 0 unspecified atom stereocenters. The van der Waals surface area contributed by atoms with Crippen molar-refractivity contribution in [2.45, 2.75) is 76.9 Å². The van der Waals surface area contributed by atoms with Crippen LogP contribution in [0.3, 0.4) is 0 Å². The average Bonchev–Trinajstić information content (AvgIpc) is 3.43. The van der Waals surface area contributed by atoms with Gasteiger partial charge in [-0.15, -0.1) is 0 Å². The minimum absolute atomic E-state index is 0.207. The average molecular weight is 342 g/mol. The molecule has 0 amide bonds. The molecule has 2 rings (SSSR count). The monoisotopic (exact) mass is 342 g/mol. The number of esters is 1. The van der Waals surface area contributed by atoms with Crippen molar-refractivity contribution in [1.82, 2.24) is 0 Å². The highest BCUT2D eigenvalue weighted by atomic mass is 16.6. The van der Waals surface area contributed by atoms with Crippen molar-refractivity contribution in [3.8, 4) is 11.8 Å². The lowest BCUT2D eigenvalue weighted by Crippen LogP contribution is -2.09. The lowest BCUT2D eigenvalue weighted by Gasteiger charge is -2.01. The van der Waals surface area contributed by atoms with Gasteiger partial charge in [0.2, 0.25) is 0 Å². The predicted octanol–water partition coefficient (Wildman–Crippen LogP) is 5.18. The first-order valence-electron chi connectivity index (χ1n) is 9.59. The van der Waals surface area contributed by atoms with E-state index in [0.29, 0.717) is 0 Å². The van der Waals surface area contributed by atoms with E-state index in [-0.39, 0.29) is 12.1 Å². The Labute approximate surface area is 152 Å². The van der Waals surface area contributed by atoms with E-state index in [4.69, 9.17) is 9.47 Å². The molecule has 0 aliphatic carbocycles. The molecular weight excluding hydrogens is 312 g/mol. The van der Waals surface area contributed by atoms with Gasteiger partial charge >= 0.3 is 5.97 Å². The van der Waals surface area contributed by atoms with Crippen molar-refractivity contribution < 1.29 is 14.3 Å². The maximum atomic E-state index is 11.5. The summed E-state index contributed by atoms with van der Waals surface area (Å²) >= 11 is 0. The highest BCUT2D eigenvalue weighted by Crippen LogP contribution is 2.40. The Kier molecular flexibility index (Phi) is 8.55. The van der Waals surface area contributed by atoms with Gasteiger partial charge in [0, 0.05) is 12.0 Å². The minimum atomic E-state index is -0.472. The second kappa shape index (κ2) is 10.9. The van der Waals surface area contributed by atoms with E-state index in [9.17, 15) is 4.79 Å². The van der Waals surface area contributed by atoms with E-state index < -0.39 is 6.10 Å². The number of carbonyl (C=O) groups excluding carboxylic acids is 1. The van der Waals surface area contributed by atoms with Crippen molar-refractivity contribution in [2.75, 3.05) is 7.11 Å². The van der Waals surface area contributed by atoms with Crippen LogP contribution in [-0.4, -0.2) is 19.2 Å². The van der Waals surface area contributed by atoms with Gasteiger partial charge < -0.3 is 9.47 Å². The molecule has 25 heavy (non-hydrogen) atoms. The molecule has 1 aliphatic heterocycles. The van der Waals surface area contributed by atoms with Crippen molar-refractivity contribution in [3.05, 3.63) is 35.4 Å². The normalized spacial score (nSPS) is 18.3. The number of rotatable bonds is 10. The van der Waals surface area contributed by atoms with E-state index in [2.05, 4.69) is 18.8 Å². The molecule has 1 heterocycles. The van der Waals surface area contributed by atoms with Gasteiger partial charge in [-0.25, -0.2) is 4.79 Å². The number of methoxy groups -OCH3 is 1. The summed E-state index contributed by atoms with van der Waals surface area (Å²) in [5, 5.41) is 0. The molecule has 0 saturated carbocycles. The van der Waals surface area contributed by atoms with Crippen LogP contribution in [0, 0.1) is 11.8 Å². The first-order chi connectivity index (χ1) is 12.3. The largest absolute Gasteiger partial charge is 0.467 e. The van der Waals surface area contributed by atoms with Crippen molar-refractivity contribution >= 4 is 5.97 Å². The fourth-order valence-electron chi connectivity index (χ4n) is 3.01. The zero-order valence-electron chi connectivity index (χ0n) is 15.6. The summed E-state index contributed by atoms with van der Waals surface area (Å²) in [5.41, 5.74) is 1.94. The third-order valence-corrected chi connectivity index (χ3v) is 4.57. The molecule has 0 bridgehead atoms. The molecule has 0 radical (unpaired) electrons. The zero-order valence-corrected chi connectivity index (χ0v) is 15.6. The molecule has 0 spiro atoms. The van der Waals surface area contributed by atoms with Gasteiger partial charge in [0.25, 0.3) is 0 Å². The fourth-order valence-corrected chi connectivity index (χ4v) is 3.01. The fraction of sp³-hybridized carbons (Fsp3) is 0.591. The third kappa shape index (κ3) is 6.55.